The van der Waals surface area contributed by atoms with Crippen LogP contribution in [0.1, 0.15) is 24.8 Å². The van der Waals surface area contributed by atoms with Gasteiger partial charge in [-0.1, -0.05) is 17.7 Å². The molecule has 130 valence electrons. The maximum atomic E-state index is 12.6. The Morgan fingerprint density at radius 3 is 2.50 bits per heavy atom. The predicted octanol–water partition coefficient (Wildman–Crippen LogP) is 3.98. The third-order valence-corrected chi connectivity index (χ3v) is 4.91. The first-order chi connectivity index (χ1) is 11.3. The van der Waals surface area contributed by atoms with E-state index >= 15 is 0 Å². The number of hydrogen-bond acceptors (Lipinski definition) is 4. The van der Waals surface area contributed by atoms with Gasteiger partial charge in [0.05, 0.1) is 6.04 Å². The Balaban J connectivity index is 1.98. The first-order valence-corrected chi connectivity index (χ1v) is 8.98. The quantitative estimate of drug-likeness (QED) is 0.805. The molecular formula is C18H23ClN2O2S. The smallest absolute Gasteiger partial charge is 0.263 e. The molecule has 24 heavy (non-hydrogen) atoms. The first kappa shape index (κ1) is 18.8. The highest BCUT2D eigenvalue weighted by molar-refractivity contribution is 7.10. The number of thiophene rings is 1. The number of hydrogen-bond donors (Lipinski definition) is 1. The van der Waals surface area contributed by atoms with E-state index in [1.165, 1.54) is 4.88 Å². The van der Waals surface area contributed by atoms with Crippen LogP contribution in [-0.2, 0) is 4.79 Å². The summed E-state index contributed by atoms with van der Waals surface area (Å²) in [5.74, 6) is 0.461. The highest BCUT2D eigenvalue weighted by Gasteiger charge is 2.30. The maximum Gasteiger partial charge on any atom is 0.263 e. The molecule has 1 aromatic carbocycles. The van der Waals surface area contributed by atoms with Gasteiger partial charge in [-0.3, -0.25) is 4.79 Å². The van der Waals surface area contributed by atoms with Gasteiger partial charge in [0.1, 0.15) is 5.75 Å². The van der Waals surface area contributed by atoms with Crippen molar-refractivity contribution in [1.29, 1.82) is 0 Å². The first-order valence-electron chi connectivity index (χ1n) is 7.72. The second-order valence-electron chi connectivity index (χ2n) is 6.27. The minimum absolute atomic E-state index is 0.139. The number of nitrogens with one attached hydrogen (secondary N) is 1. The highest BCUT2D eigenvalue weighted by Crippen LogP contribution is 2.24. The molecule has 1 amide bonds. The Labute approximate surface area is 152 Å². The fourth-order valence-electron chi connectivity index (χ4n) is 2.26. The molecule has 0 spiro atoms. The summed E-state index contributed by atoms with van der Waals surface area (Å²) in [6.07, 6.45) is 0. The van der Waals surface area contributed by atoms with Crippen LogP contribution in [0.15, 0.2) is 41.8 Å². The predicted molar refractivity (Wildman–Crippen MR) is 99.9 cm³/mol. The molecule has 2 aromatic rings. The SMILES string of the molecule is CN(C)[C@@H](CNC(=O)C(C)(C)Oc1ccc(Cl)cc1)c1cccs1. The van der Waals surface area contributed by atoms with E-state index in [2.05, 4.69) is 16.3 Å². The second-order valence-corrected chi connectivity index (χ2v) is 7.69. The van der Waals surface area contributed by atoms with Crippen LogP contribution in [0, 0.1) is 0 Å². The number of amides is 1. The van der Waals surface area contributed by atoms with Crippen LogP contribution in [-0.4, -0.2) is 37.0 Å². The molecule has 1 aromatic heterocycles. The number of rotatable bonds is 7. The normalized spacial score (nSPS) is 12.9. The molecule has 6 heteroatoms. The Morgan fingerprint density at radius 1 is 1.29 bits per heavy atom. The largest absolute Gasteiger partial charge is 0.478 e. The summed E-state index contributed by atoms with van der Waals surface area (Å²) in [6.45, 7) is 4.04. The summed E-state index contributed by atoms with van der Waals surface area (Å²) in [6, 6.07) is 11.2. The summed E-state index contributed by atoms with van der Waals surface area (Å²) >= 11 is 7.56. The number of carbonyl (C=O) groups is 1. The van der Waals surface area contributed by atoms with Crippen LogP contribution in [0.2, 0.25) is 5.02 Å². The topological polar surface area (TPSA) is 41.6 Å². The monoisotopic (exact) mass is 366 g/mol. The van der Waals surface area contributed by atoms with E-state index in [9.17, 15) is 4.79 Å². The van der Waals surface area contributed by atoms with Gasteiger partial charge in [0.15, 0.2) is 5.60 Å². The summed E-state index contributed by atoms with van der Waals surface area (Å²) < 4.78 is 5.82. The van der Waals surface area contributed by atoms with Gasteiger partial charge in [-0.2, -0.15) is 0 Å². The maximum absolute atomic E-state index is 12.6. The zero-order valence-electron chi connectivity index (χ0n) is 14.4. The lowest BCUT2D eigenvalue weighted by Crippen LogP contribution is -2.48. The van der Waals surface area contributed by atoms with Crippen molar-refractivity contribution < 1.29 is 9.53 Å². The van der Waals surface area contributed by atoms with E-state index < -0.39 is 5.60 Å². The third-order valence-electron chi connectivity index (χ3n) is 3.68. The van der Waals surface area contributed by atoms with E-state index in [1.54, 1.807) is 49.4 Å². The van der Waals surface area contributed by atoms with Crippen molar-refractivity contribution >= 4 is 28.8 Å². The number of carbonyl (C=O) groups excluding carboxylic acids is 1. The lowest BCUT2D eigenvalue weighted by molar-refractivity contribution is -0.134. The van der Waals surface area contributed by atoms with Crippen LogP contribution in [0.4, 0.5) is 0 Å². The van der Waals surface area contributed by atoms with Gasteiger partial charge >= 0.3 is 0 Å². The molecule has 0 unspecified atom stereocenters. The number of halogens is 1. The van der Waals surface area contributed by atoms with Gasteiger partial charge in [0.2, 0.25) is 0 Å². The molecule has 0 aliphatic heterocycles. The molecule has 0 aliphatic carbocycles. The Hall–Kier alpha value is -1.56. The molecule has 0 aliphatic rings. The van der Waals surface area contributed by atoms with Crippen molar-refractivity contribution in [2.24, 2.45) is 0 Å². The Kier molecular flexibility index (Phi) is 6.27. The third kappa shape index (κ3) is 4.97. The van der Waals surface area contributed by atoms with Crippen LogP contribution in [0.25, 0.3) is 0 Å². The van der Waals surface area contributed by atoms with Gasteiger partial charge in [0.25, 0.3) is 5.91 Å². The molecule has 4 nitrogen and oxygen atoms in total. The van der Waals surface area contributed by atoms with Crippen LogP contribution in [0.3, 0.4) is 0 Å². The van der Waals surface area contributed by atoms with Crippen molar-refractivity contribution in [1.82, 2.24) is 10.2 Å². The molecule has 0 saturated heterocycles. The van der Waals surface area contributed by atoms with E-state index in [1.807, 2.05) is 25.5 Å². The van der Waals surface area contributed by atoms with Crippen LogP contribution >= 0.6 is 22.9 Å². The van der Waals surface area contributed by atoms with Gasteiger partial charge in [-0.15, -0.1) is 11.3 Å². The second kappa shape index (κ2) is 8.01. The number of nitrogens with zero attached hydrogens (tertiary/aromatic N) is 1. The summed E-state index contributed by atoms with van der Waals surface area (Å²) in [7, 11) is 4.01. The fraction of sp³-hybridized carbons (Fsp3) is 0.389. The number of benzene rings is 1. The summed E-state index contributed by atoms with van der Waals surface area (Å²) in [4.78, 5) is 15.9. The fourth-order valence-corrected chi connectivity index (χ4v) is 3.31. The zero-order valence-corrected chi connectivity index (χ0v) is 15.9. The average molecular weight is 367 g/mol. The van der Waals surface area contributed by atoms with Crippen molar-refractivity contribution in [3.63, 3.8) is 0 Å². The van der Waals surface area contributed by atoms with Crippen molar-refractivity contribution in [3.8, 4) is 5.75 Å². The molecule has 1 atom stereocenters. The van der Waals surface area contributed by atoms with Crippen LogP contribution < -0.4 is 10.1 Å². The van der Waals surface area contributed by atoms with Crippen molar-refractivity contribution in [2.75, 3.05) is 20.6 Å². The highest BCUT2D eigenvalue weighted by atomic mass is 35.5. The molecule has 1 heterocycles. The average Bonchev–Trinajstić information content (AvgIpc) is 3.03. The summed E-state index contributed by atoms with van der Waals surface area (Å²) in [5.41, 5.74) is -0.972. The number of likely N-dealkylation sites (N-methyl/N-ethyl adjacent to an activating group) is 1. The van der Waals surface area contributed by atoms with E-state index in [0.717, 1.165) is 0 Å². The summed E-state index contributed by atoms with van der Waals surface area (Å²) in [5, 5.41) is 5.68. The van der Waals surface area contributed by atoms with E-state index in [-0.39, 0.29) is 11.9 Å². The lowest BCUT2D eigenvalue weighted by Gasteiger charge is -2.28. The number of ether oxygens (including phenoxy) is 1. The van der Waals surface area contributed by atoms with Crippen LogP contribution in [0.5, 0.6) is 5.75 Å². The minimum Gasteiger partial charge on any atom is -0.478 e. The molecule has 0 radical (unpaired) electrons. The Morgan fingerprint density at radius 2 is 1.96 bits per heavy atom. The molecule has 1 N–H and O–H groups in total. The van der Waals surface area contributed by atoms with Gasteiger partial charge in [-0.05, 0) is 63.7 Å². The van der Waals surface area contributed by atoms with E-state index in [0.29, 0.717) is 17.3 Å². The standard InChI is InChI=1S/C18H23ClN2O2S/c1-18(2,23-14-9-7-13(19)8-10-14)17(22)20-12-15(21(3)4)16-6-5-11-24-16/h5-11,15H,12H2,1-4H3,(H,20,22)/t15-/m0/s1. The molecular weight excluding hydrogens is 344 g/mol. The van der Waals surface area contributed by atoms with Gasteiger partial charge < -0.3 is 15.0 Å². The molecule has 2 rings (SSSR count). The van der Waals surface area contributed by atoms with Gasteiger partial charge in [0, 0.05) is 16.4 Å². The Bertz CT molecular complexity index is 654. The van der Waals surface area contributed by atoms with Gasteiger partial charge in [-0.25, -0.2) is 0 Å². The molecule has 0 fully saturated rings. The molecule has 0 bridgehead atoms. The zero-order chi connectivity index (χ0) is 17.7. The molecule has 0 saturated carbocycles. The van der Waals surface area contributed by atoms with Crippen molar-refractivity contribution in [3.05, 3.63) is 51.7 Å². The minimum atomic E-state index is -0.972. The van der Waals surface area contributed by atoms with Crippen molar-refractivity contribution in [2.45, 2.75) is 25.5 Å². The lowest BCUT2D eigenvalue weighted by atomic mass is 10.1. The van der Waals surface area contributed by atoms with E-state index in [4.69, 9.17) is 16.3 Å².